The number of hydrogen-bond donors (Lipinski definition) is 0. The molecule has 0 N–H and O–H groups in total. The van der Waals surface area contributed by atoms with Crippen LogP contribution in [0, 0.1) is 0 Å². The fourth-order valence-electron chi connectivity index (χ4n) is 2.34. The van der Waals surface area contributed by atoms with E-state index in [2.05, 4.69) is 9.99 Å². The summed E-state index contributed by atoms with van der Waals surface area (Å²) in [5.74, 6) is 0.546. The van der Waals surface area contributed by atoms with Crippen LogP contribution in [0.25, 0.3) is 0 Å². The van der Waals surface area contributed by atoms with Gasteiger partial charge in [0.15, 0.2) is 11.5 Å². The van der Waals surface area contributed by atoms with Crippen LogP contribution in [0.3, 0.4) is 0 Å². The number of rotatable bonds is 10. The molecule has 2 aromatic rings. The van der Waals surface area contributed by atoms with Gasteiger partial charge in [-0.1, -0.05) is 99.0 Å². The molecule has 0 amide bonds. The van der Waals surface area contributed by atoms with Crippen LogP contribution in [0.2, 0.25) is 10.0 Å². The van der Waals surface area contributed by atoms with E-state index in [1.165, 1.54) is 42.5 Å². The number of ether oxygens (including phenoxy) is 2. The summed E-state index contributed by atoms with van der Waals surface area (Å²) < 4.78 is 51.0. The minimum absolute atomic E-state index is 0.0153. The molecule has 0 saturated heterocycles. The Morgan fingerprint density at radius 3 is 1.94 bits per heavy atom. The molecule has 0 saturated carbocycles. The fourth-order valence-corrected chi connectivity index (χ4v) is 3.17. The van der Waals surface area contributed by atoms with Crippen molar-refractivity contribution in [2.75, 3.05) is 13.2 Å². The van der Waals surface area contributed by atoms with Gasteiger partial charge in [-0.05, 0) is 17.7 Å². The van der Waals surface area contributed by atoms with E-state index >= 15 is 0 Å². The van der Waals surface area contributed by atoms with Crippen LogP contribution in [-0.4, -0.2) is 25.1 Å². The second kappa shape index (κ2) is 13.6. The van der Waals surface area contributed by atoms with Crippen molar-refractivity contribution in [2.24, 2.45) is 5.16 Å². The molecule has 0 bridgehead atoms. The van der Waals surface area contributed by atoms with Gasteiger partial charge in [0.1, 0.15) is 34.6 Å². The lowest BCUT2D eigenvalue weighted by Crippen LogP contribution is -2.24. The van der Waals surface area contributed by atoms with Gasteiger partial charge in [0.25, 0.3) is 0 Å². The van der Waals surface area contributed by atoms with Crippen molar-refractivity contribution < 1.29 is 27.5 Å². The number of oxime groups is 1. The highest BCUT2D eigenvalue weighted by atomic mass is 35.5. The first-order valence-corrected chi connectivity index (χ1v) is 11.4. The smallest absolute Gasteiger partial charge is 0.437 e. The molecule has 184 valence electrons. The Labute approximate surface area is 223 Å². The van der Waals surface area contributed by atoms with Crippen LogP contribution >= 0.6 is 69.6 Å². The number of nitrogens with zero attached hydrogens (tertiary/aromatic N) is 1. The van der Waals surface area contributed by atoms with Crippen molar-refractivity contribution in [2.45, 2.75) is 12.8 Å². The van der Waals surface area contributed by atoms with Gasteiger partial charge < -0.3 is 14.3 Å². The molecule has 0 unspecified atom stereocenters. The molecule has 13 heteroatoms. The third kappa shape index (κ3) is 9.64. The Morgan fingerprint density at radius 2 is 1.41 bits per heavy atom. The van der Waals surface area contributed by atoms with Crippen molar-refractivity contribution in [3.8, 4) is 11.5 Å². The number of hydrogen-bond acceptors (Lipinski definition) is 4. The van der Waals surface area contributed by atoms with Crippen LogP contribution in [-0.2, 0) is 11.4 Å². The molecule has 0 fully saturated rings. The molecule has 0 aromatic heterocycles. The van der Waals surface area contributed by atoms with Crippen molar-refractivity contribution in [3.63, 3.8) is 0 Å². The summed E-state index contributed by atoms with van der Waals surface area (Å²) >= 11 is 34.2. The summed E-state index contributed by atoms with van der Waals surface area (Å²) in [5, 5.41) is 3.51. The molecule has 4 nitrogen and oxygen atoms in total. The van der Waals surface area contributed by atoms with E-state index in [-0.39, 0.29) is 50.2 Å². The summed E-state index contributed by atoms with van der Waals surface area (Å²) in [4.78, 5) is 4.64. The van der Waals surface area contributed by atoms with Crippen LogP contribution in [0.4, 0.5) is 13.2 Å². The molecule has 0 aliphatic heterocycles. The molecule has 0 heterocycles. The van der Waals surface area contributed by atoms with E-state index in [0.29, 0.717) is 11.3 Å². The van der Waals surface area contributed by atoms with Crippen LogP contribution in [0.5, 0.6) is 11.5 Å². The number of benzene rings is 2. The fraction of sp³-hybridized carbons (Fsp3) is 0.190. The Kier molecular flexibility index (Phi) is 11.5. The summed E-state index contributed by atoms with van der Waals surface area (Å²) in [6.07, 6.45) is -2.16. The molecular formula is C21H14Cl6F3NO3. The van der Waals surface area contributed by atoms with Crippen molar-refractivity contribution in [1.82, 2.24) is 0 Å². The number of alkyl halides is 3. The maximum absolute atomic E-state index is 13.3. The predicted molar refractivity (Wildman–Crippen MR) is 131 cm³/mol. The molecule has 0 radical (unpaired) electrons. The first-order chi connectivity index (χ1) is 16.0. The van der Waals surface area contributed by atoms with Gasteiger partial charge in [0.05, 0.1) is 10.0 Å². The average molecular weight is 598 g/mol. The third-order valence-electron chi connectivity index (χ3n) is 3.81. The van der Waals surface area contributed by atoms with Gasteiger partial charge in [-0.25, -0.2) is 0 Å². The van der Waals surface area contributed by atoms with Crippen LogP contribution in [0.15, 0.2) is 62.7 Å². The summed E-state index contributed by atoms with van der Waals surface area (Å²) in [7, 11) is 0. The van der Waals surface area contributed by atoms with Crippen LogP contribution in [0.1, 0.15) is 11.1 Å². The highest BCUT2D eigenvalue weighted by Crippen LogP contribution is 2.37. The lowest BCUT2D eigenvalue weighted by atomic mass is 10.1. The normalized spacial score (nSPS) is 11.6. The summed E-state index contributed by atoms with van der Waals surface area (Å²) in [6.45, 7) is -0.234. The highest BCUT2D eigenvalue weighted by Gasteiger charge is 2.37. The van der Waals surface area contributed by atoms with Gasteiger partial charge in [0.2, 0.25) is 0 Å². The highest BCUT2D eigenvalue weighted by molar-refractivity contribution is 6.56. The standard InChI is InChI=1S/C21H14Cl6F3NO3/c22-15-9-14(32-7-5-17(24)25)10-16(23)19(15)33-11-12-1-3-13(4-2-12)20(21(28,29)30)31-34-8-6-18(26)27/h1-6,9-10H,7-8,11H2. The van der Waals surface area contributed by atoms with E-state index in [9.17, 15) is 13.2 Å². The zero-order valence-corrected chi connectivity index (χ0v) is 21.3. The minimum Gasteiger partial charge on any atom is -0.489 e. The molecule has 0 spiro atoms. The van der Waals surface area contributed by atoms with E-state index in [4.69, 9.17) is 79.1 Å². The lowest BCUT2D eigenvalue weighted by molar-refractivity contribution is -0.0611. The monoisotopic (exact) mass is 595 g/mol. The first-order valence-electron chi connectivity index (χ1n) is 9.10. The Balaban J connectivity index is 2.08. The van der Waals surface area contributed by atoms with Gasteiger partial charge in [-0.15, -0.1) is 0 Å². The van der Waals surface area contributed by atoms with E-state index in [1.54, 1.807) is 0 Å². The second-order valence-electron chi connectivity index (χ2n) is 6.23. The first kappa shape index (κ1) is 28.8. The zero-order chi connectivity index (χ0) is 25.3. The maximum atomic E-state index is 13.3. The topological polar surface area (TPSA) is 40.0 Å². The minimum atomic E-state index is -4.75. The van der Waals surface area contributed by atoms with Crippen molar-refractivity contribution >= 4 is 75.3 Å². The third-order valence-corrected chi connectivity index (χ3v) is 4.99. The molecular weight excluding hydrogens is 584 g/mol. The molecule has 2 rings (SSSR count). The Morgan fingerprint density at radius 1 is 0.853 bits per heavy atom. The molecule has 2 aromatic carbocycles. The van der Waals surface area contributed by atoms with E-state index in [1.807, 2.05) is 0 Å². The van der Waals surface area contributed by atoms with Gasteiger partial charge in [-0.2, -0.15) is 13.2 Å². The van der Waals surface area contributed by atoms with Crippen molar-refractivity contribution in [1.29, 1.82) is 0 Å². The molecule has 0 aliphatic rings. The largest absolute Gasteiger partial charge is 0.489 e. The summed E-state index contributed by atoms with van der Waals surface area (Å²) in [6, 6.07) is 8.31. The SMILES string of the molecule is FC(F)(F)C(=NOCC=C(Cl)Cl)c1ccc(COc2c(Cl)cc(OCC=C(Cl)Cl)cc2Cl)cc1. The van der Waals surface area contributed by atoms with Crippen molar-refractivity contribution in [3.05, 3.63) is 78.7 Å². The van der Waals surface area contributed by atoms with E-state index < -0.39 is 11.9 Å². The molecule has 0 aliphatic carbocycles. The second-order valence-corrected chi connectivity index (χ2v) is 9.06. The van der Waals surface area contributed by atoms with Gasteiger partial charge >= 0.3 is 6.18 Å². The molecule has 34 heavy (non-hydrogen) atoms. The Bertz CT molecular complexity index is 1040. The Hall–Kier alpha value is -1.48. The molecule has 0 atom stereocenters. The van der Waals surface area contributed by atoms with Gasteiger partial charge in [0, 0.05) is 17.7 Å². The summed E-state index contributed by atoms with van der Waals surface area (Å²) in [5.41, 5.74) is -0.871. The maximum Gasteiger partial charge on any atom is 0.437 e. The van der Waals surface area contributed by atoms with Gasteiger partial charge in [-0.3, -0.25) is 0 Å². The average Bonchev–Trinajstić information content (AvgIpc) is 2.72. The quantitative estimate of drug-likeness (QED) is 0.156. The zero-order valence-electron chi connectivity index (χ0n) is 16.8. The lowest BCUT2D eigenvalue weighted by Gasteiger charge is -2.13. The van der Waals surface area contributed by atoms with E-state index in [0.717, 1.165) is 6.08 Å². The predicted octanol–water partition coefficient (Wildman–Crippen LogP) is 8.87. The van der Waals surface area contributed by atoms with Crippen LogP contribution < -0.4 is 9.47 Å². The number of halogens is 9.